The SMILES string of the molecule is C=S(=O)=C1C(C(=O)NC(Cc2ccc(CC(=O)CCCCCC(=N)N)cc2)C(=O)O)=Nc2ccccc21. The number of aliphatic imine (C=N–C) groups is 1. The molecule has 10 heteroatoms. The van der Waals surface area contributed by atoms with E-state index >= 15 is 0 Å². The van der Waals surface area contributed by atoms with E-state index in [2.05, 4.69) is 16.2 Å². The van der Waals surface area contributed by atoms with Crippen molar-refractivity contribution in [3.05, 3.63) is 65.2 Å². The number of para-hydroxylation sites is 1. The number of carboxylic acid groups (broad SMARTS) is 1. The summed E-state index contributed by atoms with van der Waals surface area (Å²) in [6, 6.07) is 12.6. The van der Waals surface area contributed by atoms with Crippen LogP contribution >= 0.6 is 0 Å². The van der Waals surface area contributed by atoms with Crippen LogP contribution in [0, 0.1) is 5.41 Å². The number of hydrogen-bond donors (Lipinski definition) is 4. The van der Waals surface area contributed by atoms with E-state index in [1.54, 1.807) is 48.5 Å². The second kappa shape index (κ2) is 12.8. The Labute approximate surface area is 216 Å². The molecule has 194 valence electrons. The molecule has 3 rings (SSSR count). The number of benzene rings is 2. The third kappa shape index (κ3) is 7.71. The van der Waals surface area contributed by atoms with Gasteiger partial charge in [-0.2, -0.15) is 0 Å². The number of carbonyl (C=O) groups excluding carboxylic acids is 2. The van der Waals surface area contributed by atoms with Crippen molar-refractivity contribution in [1.82, 2.24) is 5.32 Å². The Morgan fingerprint density at radius 1 is 1.03 bits per heavy atom. The van der Waals surface area contributed by atoms with Crippen molar-refractivity contribution in [2.45, 2.75) is 51.0 Å². The summed E-state index contributed by atoms with van der Waals surface area (Å²) in [5.74, 6) is 1.83. The first-order valence-corrected chi connectivity index (χ1v) is 13.2. The predicted octanol–water partition coefficient (Wildman–Crippen LogP) is 2.28. The molecule has 0 spiro atoms. The number of aliphatic carboxylic acids is 1. The van der Waals surface area contributed by atoms with Gasteiger partial charge in [0.05, 0.1) is 16.4 Å². The van der Waals surface area contributed by atoms with Crippen LogP contribution in [-0.2, 0) is 37.2 Å². The number of amidine groups is 1. The number of carboxylic acids is 1. The maximum absolute atomic E-state index is 12.9. The van der Waals surface area contributed by atoms with Crippen LogP contribution in [0.25, 0.3) is 0 Å². The van der Waals surface area contributed by atoms with Crippen molar-refractivity contribution in [2.75, 3.05) is 0 Å². The zero-order chi connectivity index (χ0) is 26.9. The number of ketones is 1. The zero-order valence-electron chi connectivity index (χ0n) is 20.4. The summed E-state index contributed by atoms with van der Waals surface area (Å²) >= 11 is 0. The van der Waals surface area contributed by atoms with E-state index in [-0.39, 0.29) is 35.0 Å². The van der Waals surface area contributed by atoms with Crippen molar-refractivity contribution >= 4 is 55.6 Å². The van der Waals surface area contributed by atoms with Crippen molar-refractivity contribution in [3.63, 3.8) is 0 Å². The summed E-state index contributed by atoms with van der Waals surface area (Å²) in [5.41, 5.74) is 7.74. The summed E-state index contributed by atoms with van der Waals surface area (Å²) in [7, 11) is -1.74. The van der Waals surface area contributed by atoms with Gasteiger partial charge in [0.1, 0.15) is 17.5 Å². The first kappa shape index (κ1) is 27.5. The van der Waals surface area contributed by atoms with Crippen LogP contribution in [0.4, 0.5) is 5.69 Å². The van der Waals surface area contributed by atoms with Crippen LogP contribution in [0.3, 0.4) is 0 Å². The third-order valence-electron chi connectivity index (χ3n) is 5.91. The lowest BCUT2D eigenvalue weighted by Gasteiger charge is -2.15. The Kier molecular flexibility index (Phi) is 9.51. The molecule has 1 aliphatic heterocycles. The van der Waals surface area contributed by atoms with Gasteiger partial charge in [0.2, 0.25) is 0 Å². The van der Waals surface area contributed by atoms with Gasteiger partial charge in [-0.15, -0.1) is 0 Å². The molecular formula is C27H30N4O5S. The molecule has 0 aromatic heterocycles. The molecule has 1 heterocycles. The number of nitrogens with zero attached hydrogens (tertiary/aromatic N) is 1. The lowest BCUT2D eigenvalue weighted by atomic mass is 10.00. The molecule has 0 fully saturated rings. The van der Waals surface area contributed by atoms with E-state index in [1.165, 1.54) is 0 Å². The highest BCUT2D eigenvalue weighted by atomic mass is 32.1. The highest BCUT2D eigenvalue weighted by Gasteiger charge is 2.30. The smallest absolute Gasteiger partial charge is 0.326 e. The Bertz CT molecular complexity index is 1370. The average Bonchev–Trinajstić information content (AvgIpc) is 3.24. The van der Waals surface area contributed by atoms with E-state index < -0.39 is 27.9 Å². The molecule has 37 heavy (non-hydrogen) atoms. The van der Waals surface area contributed by atoms with Crippen molar-refractivity contribution in [1.29, 1.82) is 5.41 Å². The molecule has 9 nitrogen and oxygen atoms in total. The maximum atomic E-state index is 12.9. The van der Waals surface area contributed by atoms with E-state index in [0.29, 0.717) is 29.7 Å². The molecule has 1 aliphatic rings. The number of amides is 1. The minimum atomic E-state index is -1.74. The Morgan fingerprint density at radius 2 is 1.68 bits per heavy atom. The van der Waals surface area contributed by atoms with E-state index in [9.17, 15) is 23.7 Å². The second-order valence-corrected chi connectivity index (χ2v) is 9.94. The Balaban J connectivity index is 1.58. The number of nitrogens with one attached hydrogen (secondary N) is 2. The summed E-state index contributed by atoms with van der Waals surface area (Å²) in [6.07, 6.45) is 3.70. The van der Waals surface area contributed by atoms with Gasteiger partial charge in [-0.3, -0.25) is 15.0 Å². The zero-order valence-corrected chi connectivity index (χ0v) is 21.2. The fraction of sp³-hybridized carbons (Fsp3) is 0.296. The quantitative estimate of drug-likeness (QED) is 0.136. The number of hydrogen-bond acceptors (Lipinski definition) is 6. The first-order chi connectivity index (χ1) is 17.7. The summed E-state index contributed by atoms with van der Waals surface area (Å²) in [5, 5.41) is 19.4. The van der Waals surface area contributed by atoms with Crippen LogP contribution in [0.1, 0.15) is 48.8 Å². The normalized spacial score (nSPS) is 12.9. The van der Waals surface area contributed by atoms with Crippen LogP contribution < -0.4 is 11.1 Å². The molecule has 0 bridgehead atoms. The topological polar surface area (TPSA) is 163 Å². The molecule has 2 aromatic carbocycles. The van der Waals surface area contributed by atoms with Crippen molar-refractivity contribution in [3.8, 4) is 0 Å². The van der Waals surface area contributed by atoms with Gasteiger partial charge in [0.25, 0.3) is 5.91 Å². The highest BCUT2D eigenvalue weighted by Crippen LogP contribution is 2.26. The Hall–Kier alpha value is -4.05. The minimum Gasteiger partial charge on any atom is -0.480 e. The summed E-state index contributed by atoms with van der Waals surface area (Å²) in [6.45, 7) is 0. The third-order valence-corrected chi connectivity index (χ3v) is 6.78. The van der Waals surface area contributed by atoms with Gasteiger partial charge >= 0.3 is 5.97 Å². The largest absolute Gasteiger partial charge is 0.480 e. The van der Waals surface area contributed by atoms with Crippen LogP contribution in [0.2, 0.25) is 0 Å². The molecule has 0 saturated heterocycles. The fourth-order valence-corrected chi connectivity index (χ4v) is 4.80. The van der Waals surface area contributed by atoms with E-state index in [1.807, 2.05) is 0 Å². The van der Waals surface area contributed by atoms with Gasteiger partial charge in [-0.05, 0) is 35.9 Å². The standard InChI is InChI=1S/C27H30N4O5S/c1-37(36)25-20-8-5-6-9-21(20)30-24(25)26(33)31-22(27(34)35)16-18-13-11-17(12-14-18)15-19(32)7-3-2-4-10-23(28)29/h5-6,8-9,11-14,22H,1-4,7,10,15-16H2,(H3,28,29)(H,31,33)(H,34,35). The maximum Gasteiger partial charge on any atom is 0.326 e. The van der Waals surface area contributed by atoms with E-state index in [0.717, 1.165) is 24.8 Å². The molecule has 1 unspecified atom stereocenters. The van der Waals surface area contributed by atoms with Gasteiger partial charge in [-0.25, -0.2) is 14.0 Å². The monoisotopic (exact) mass is 522 g/mol. The van der Waals surface area contributed by atoms with Crippen LogP contribution in [0.5, 0.6) is 0 Å². The molecular weight excluding hydrogens is 492 g/mol. The lowest BCUT2D eigenvalue weighted by Crippen LogP contribution is -2.46. The molecule has 2 aromatic rings. The van der Waals surface area contributed by atoms with Gasteiger partial charge in [0, 0.05) is 41.2 Å². The second-order valence-electron chi connectivity index (χ2n) is 8.84. The Morgan fingerprint density at radius 3 is 2.32 bits per heavy atom. The first-order valence-electron chi connectivity index (χ1n) is 11.9. The molecule has 1 amide bonds. The van der Waals surface area contributed by atoms with Gasteiger partial charge in [0.15, 0.2) is 0 Å². The number of unbranched alkanes of at least 4 members (excludes halogenated alkanes) is 2. The molecule has 0 radical (unpaired) electrons. The molecule has 1 atom stereocenters. The number of carbonyl (C=O) groups is 3. The predicted molar refractivity (Wildman–Crippen MR) is 146 cm³/mol. The molecule has 5 N–H and O–H groups in total. The van der Waals surface area contributed by atoms with Gasteiger partial charge < -0.3 is 16.2 Å². The molecule has 0 aliphatic carbocycles. The van der Waals surface area contributed by atoms with Crippen LogP contribution in [-0.4, -0.2) is 55.3 Å². The number of fused-ring (bicyclic) bond motifs is 1. The van der Waals surface area contributed by atoms with Gasteiger partial charge in [-0.1, -0.05) is 48.9 Å². The van der Waals surface area contributed by atoms with E-state index in [4.69, 9.17) is 11.1 Å². The lowest BCUT2D eigenvalue weighted by molar-refractivity contribution is -0.141. The minimum absolute atomic E-state index is 0.0223. The number of rotatable bonds is 13. The number of Topliss-reactive ketones (excluding diaryl/α,β-unsaturated/α-hetero) is 1. The van der Waals surface area contributed by atoms with Crippen LogP contribution in [0.15, 0.2) is 53.5 Å². The average molecular weight is 523 g/mol. The summed E-state index contributed by atoms with van der Waals surface area (Å²) < 4.78 is 12.2. The summed E-state index contributed by atoms with van der Waals surface area (Å²) in [4.78, 5) is 41.5. The van der Waals surface area contributed by atoms with Crippen molar-refractivity contribution < 1.29 is 23.7 Å². The van der Waals surface area contributed by atoms with Crippen molar-refractivity contribution in [2.24, 2.45) is 10.7 Å². The number of nitrogens with two attached hydrogens (primary N) is 1. The highest BCUT2D eigenvalue weighted by molar-refractivity contribution is 7.85. The molecule has 0 saturated carbocycles. The fourth-order valence-electron chi connectivity index (χ4n) is 4.03.